The first-order valence-corrected chi connectivity index (χ1v) is 6.12. The number of hydrogen-bond acceptors (Lipinski definition) is 2. The summed E-state index contributed by atoms with van der Waals surface area (Å²) in [6.45, 7) is 5.72. The lowest BCUT2D eigenvalue weighted by molar-refractivity contribution is 0.166. The van der Waals surface area contributed by atoms with E-state index >= 15 is 0 Å². The highest BCUT2D eigenvalue weighted by atomic mass is 19.1. The number of benzene rings is 1. The lowest BCUT2D eigenvalue weighted by Gasteiger charge is -2.34. The molecule has 1 atom stereocenters. The van der Waals surface area contributed by atoms with Gasteiger partial charge in [-0.2, -0.15) is 0 Å². The third-order valence-corrected chi connectivity index (χ3v) is 3.30. The smallest absolute Gasteiger partial charge is 0.130 e. The van der Waals surface area contributed by atoms with E-state index in [0.29, 0.717) is 5.56 Å². The number of piperazine rings is 1. The predicted molar refractivity (Wildman–Crippen MR) is 63.8 cm³/mol. The summed E-state index contributed by atoms with van der Waals surface area (Å²) in [6.07, 6.45) is 0.836. The molecule has 0 amide bonds. The van der Waals surface area contributed by atoms with E-state index in [4.69, 9.17) is 0 Å². The van der Waals surface area contributed by atoms with Crippen LogP contribution in [0.1, 0.15) is 24.9 Å². The monoisotopic (exact) mass is 240 g/mol. The molecule has 1 fully saturated rings. The van der Waals surface area contributed by atoms with Gasteiger partial charge in [0.2, 0.25) is 0 Å². The van der Waals surface area contributed by atoms with Crippen LogP contribution in [0.15, 0.2) is 18.2 Å². The van der Waals surface area contributed by atoms with E-state index in [1.165, 1.54) is 6.07 Å². The molecule has 4 heteroatoms. The van der Waals surface area contributed by atoms with Crippen LogP contribution in [0.2, 0.25) is 0 Å². The third-order valence-electron chi connectivity index (χ3n) is 3.30. The summed E-state index contributed by atoms with van der Waals surface area (Å²) in [7, 11) is 0. The fourth-order valence-electron chi connectivity index (χ4n) is 2.44. The van der Waals surface area contributed by atoms with Gasteiger partial charge in [-0.3, -0.25) is 4.90 Å². The van der Waals surface area contributed by atoms with Crippen molar-refractivity contribution in [3.05, 3.63) is 35.4 Å². The second kappa shape index (κ2) is 5.56. The molecule has 2 rings (SSSR count). The molecule has 94 valence electrons. The molecule has 0 aromatic heterocycles. The van der Waals surface area contributed by atoms with E-state index in [0.717, 1.165) is 38.7 Å². The molecular formula is C13H18F2N2. The van der Waals surface area contributed by atoms with Crippen LogP contribution in [0.5, 0.6) is 0 Å². The van der Waals surface area contributed by atoms with Gasteiger partial charge in [0.15, 0.2) is 0 Å². The van der Waals surface area contributed by atoms with Crippen LogP contribution in [0.3, 0.4) is 0 Å². The Morgan fingerprint density at radius 1 is 1.29 bits per heavy atom. The molecule has 0 saturated carbocycles. The van der Waals surface area contributed by atoms with E-state index in [-0.39, 0.29) is 6.04 Å². The van der Waals surface area contributed by atoms with Crippen molar-refractivity contribution in [1.82, 2.24) is 10.2 Å². The van der Waals surface area contributed by atoms with E-state index < -0.39 is 11.6 Å². The average molecular weight is 240 g/mol. The lowest BCUT2D eigenvalue weighted by Crippen LogP contribution is -2.45. The molecule has 1 aromatic carbocycles. The summed E-state index contributed by atoms with van der Waals surface area (Å²) in [6, 6.07) is 3.93. The average Bonchev–Trinajstić information content (AvgIpc) is 2.34. The number of halogens is 2. The highest BCUT2D eigenvalue weighted by Gasteiger charge is 2.23. The van der Waals surface area contributed by atoms with Crippen molar-refractivity contribution < 1.29 is 8.78 Å². The molecule has 0 radical (unpaired) electrons. The minimum Gasteiger partial charge on any atom is -0.314 e. The Morgan fingerprint density at radius 2 is 2.00 bits per heavy atom. The van der Waals surface area contributed by atoms with Crippen molar-refractivity contribution in [1.29, 1.82) is 0 Å². The van der Waals surface area contributed by atoms with Crippen LogP contribution in [0.25, 0.3) is 0 Å². The van der Waals surface area contributed by atoms with E-state index in [1.54, 1.807) is 6.07 Å². The molecule has 0 spiro atoms. The Labute approximate surface area is 101 Å². The summed E-state index contributed by atoms with van der Waals surface area (Å²) in [5.41, 5.74) is 0.607. The zero-order valence-electron chi connectivity index (χ0n) is 10.0. The predicted octanol–water partition coefficient (Wildman–Crippen LogP) is 2.32. The maximum atomic E-state index is 13.8. The highest BCUT2D eigenvalue weighted by Crippen LogP contribution is 2.27. The molecule has 1 unspecified atom stereocenters. The van der Waals surface area contributed by atoms with Gasteiger partial charge in [-0.1, -0.05) is 13.0 Å². The number of hydrogen-bond donors (Lipinski definition) is 1. The van der Waals surface area contributed by atoms with Crippen molar-refractivity contribution in [2.24, 2.45) is 0 Å². The molecule has 17 heavy (non-hydrogen) atoms. The van der Waals surface area contributed by atoms with Gasteiger partial charge in [-0.25, -0.2) is 8.78 Å². The summed E-state index contributed by atoms with van der Waals surface area (Å²) in [5, 5.41) is 3.27. The van der Waals surface area contributed by atoms with E-state index in [1.807, 2.05) is 6.92 Å². The normalized spacial score (nSPS) is 19.2. The van der Waals surface area contributed by atoms with Gasteiger partial charge in [-0.15, -0.1) is 0 Å². The second-order valence-corrected chi connectivity index (χ2v) is 4.38. The standard InChI is InChI=1S/C13H18F2N2/c1-2-13(17-7-5-16-6-8-17)11-4-3-10(14)9-12(11)15/h3-4,9,13,16H,2,5-8H2,1H3. The zero-order chi connectivity index (χ0) is 12.3. The van der Waals surface area contributed by atoms with E-state index in [2.05, 4.69) is 10.2 Å². The third kappa shape index (κ3) is 2.82. The summed E-state index contributed by atoms with van der Waals surface area (Å²) >= 11 is 0. The SMILES string of the molecule is CCC(c1ccc(F)cc1F)N1CCNCC1. The molecule has 1 aromatic rings. The Balaban J connectivity index is 2.21. The first-order valence-electron chi connectivity index (χ1n) is 6.12. The van der Waals surface area contributed by atoms with Gasteiger partial charge in [0.1, 0.15) is 11.6 Å². The summed E-state index contributed by atoms with van der Waals surface area (Å²) in [5.74, 6) is -0.947. The Hall–Kier alpha value is -1.00. The Kier molecular flexibility index (Phi) is 4.07. The molecule has 1 N–H and O–H groups in total. The molecule has 0 aliphatic carbocycles. The molecule has 1 aliphatic heterocycles. The van der Waals surface area contributed by atoms with Crippen LogP contribution in [0.4, 0.5) is 8.78 Å². The first kappa shape index (κ1) is 12.5. The topological polar surface area (TPSA) is 15.3 Å². The quantitative estimate of drug-likeness (QED) is 0.872. The fourth-order valence-corrected chi connectivity index (χ4v) is 2.44. The number of nitrogens with one attached hydrogen (secondary N) is 1. The summed E-state index contributed by atoms with van der Waals surface area (Å²) < 4.78 is 26.7. The maximum Gasteiger partial charge on any atom is 0.130 e. The van der Waals surface area contributed by atoms with Gasteiger partial charge < -0.3 is 5.32 Å². The Bertz CT molecular complexity index is 376. The van der Waals surface area contributed by atoms with Crippen LogP contribution >= 0.6 is 0 Å². The van der Waals surface area contributed by atoms with Gasteiger partial charge in [0, 0.05) is 43.9 Å². The molecule has 0 bridgehead atoms. The Morgan fingerprint density at radius 3 is 2.59 bits per heavy atom. The van der Waals surface area contributed by atoms with Crippen LogP contribution in [-0.4, -0.2) is 31.1 Å². The van der Waals surface area contributed by atoms with Crippen molar-refractivity contribution in [3.63, 3.8) is 0 Å². The van der Waals surface area contributed by atoms with Crippen molar-refractivity contribution in [3.8, 4) is 0 Å². The molecule has 2 nitrogen and oxygen atoms in total. The molecule has 1 heterocycles. The maximum absolute atomic E-state index is 13.8. The zero-order valence-corrected chi connectivity index (χ0v) is 10.0. The lowest BCUT2D eigenvalue weighted by atomic mass is 10.0. The highest BCUT2D eigenvalue weighted by molar-refractivity contribution is 5.22. The number of nitrogens with zero attached hydrogens (tertiary/aromatic N) is 1. The number of rotatable bonds is 3. The molecule has 1 aliphatic rings. The molecule has 1 saturated heterocycles. The van der Waals surface area contributed by atoms with Crippen molar-refractivity contribution in [2.75, 3.05) is 26.2 Å². The fraction of sp³-hybridized carbons (Fsp3) is 0.538. The second-order valence-electron chi connectivity index (χ2n) is 4.38. The van der Waals surface area contributed by atoms with Crippen LogP contribution in [-0.2, 0) is 0 Å². The molecular weight excluding hydrogens is 222 g/mol. The van der Waals surface area contributed by atoms with Crippen molar-refractivity contribution in [2.45, 2.75) is 19.4 Å². The van der Waals surface area contributed by atoms with Gasteiger partial charge in [0.25, 0.3) is 0 Å². The minimum absolute atomic E-state index is 0.0534. The largest absolute Gasteiger partial charge is 0.314 e. The van der Waals surface area contributed by atoms with Crippen LogP contribution in [0, 0.1) is 11.6 Å². The van der Waals surface area contributed by atoms with E-state index in [9.17, 15) is 8.78 Å². The van der Waals surface area contributed by atoms with Gasteiger partial charge >= 0.3 is 0 Å². The first-order chi connectivity index (χ1) is 8.22. The van der Waals surface area contributed by atoms with Gasteiger partial charge in [0.05, 0.1) is 0 Å². The summed E-state index contributed by atoms with van der Waals surface area (Å²) in [4.78, 5) is 2.26. The van der Waals surface area contributed by atoms with Gasteiger partial charge in [-0.05, 0) is 12.5 Å². The van der Waals surface area contributed by atoms with Crippen LogP contribution < -0.4 is 5.32 Å². The minimum atomic E-state index is -0.513. The van der Waals surface area contributed by atoms with Crippen molar-refractivity contribution >= 4 is 0 Å².